The van der Waals surface area contributed by atoms with E-state index in [0.717, 1.165) is 49.1 Å². The Kier molecular flexibility index (Phi) is 5.16. The molecule has 0 saturated heterocycles. The lowest BCUT2D eigenvalue weighted by atomic mass is 9.97. The molecule has 2 heterocycles. The summed E-state index contributed by atoms with van der Waals surface area (Å²) in [5.41, 5.74) is 9.46. The summed E-state index contributed by atoms with van der Waals surface area (Å²) in [4.78, 5) is 6.27. The Hall–Kier alpha value is -1.21. The molecule has 0 bridgehead atoms. The van der Waals surface area contributed by atoms with Gasteiger partial charge in [-0.2, -0.15) is 5.43 Å². The van der Waals surface area contributed by atoms with Crippen molar-refractivity contribution < 1.29 is 10.2 Å². The van der Waals surface area contributed by atoms with Crippen LogP contribution < -0.4 is 10.9 Å². The molecule has 3 rings (SSSR count). The lowest BCUT2D eigenvalue weighted by molar-refractivity contribution is -0.0796. The standard InChI is InChI=1S/C17H28N4O2/c1-3-12-13(4-2)16(23)21(15(12)22)17-18-14(19-20-17)10-11-8-6-5-7-9-11/h8,15-17,20,22-23H,3-7,9-10H2,1-2H3,(H,18,19). The van der Waals surface area contributed by atoms with E-state index in [0.29, 0.717) is 0 Å². The molecule has 0 radical (unpaired) electrons. The number of hydrogen-bond donors (Lipinski definition) is 4. The van der Waals surface area contributed by atoms with Crippen molar-refractivity contribution in [3.8, 4) is 0 Å². The number of aliphatic hydroxyl groups excluding tert-OH is 2. The second-order valence-electron chi connectivity index (χ2n) is 6.46. The fraction of sp³-hybridized carbons (Fsp3) is 0.706. The monoisotopic (exact) mass is 320 g/mol. The highest BCUT2D eigenvalue weighted by Crippen LogP contribution is 2.33. The normalized spacial score (nSPS) is 32.1. The number of nitrogens with one attached hydrogen (secondary N) is 2. The van der Waals surface area contributed by atoms with Gasteiger partial charge in [0.2, 0.25) is 0 Å². The maximum Gasteiger partial charge on any atom is 0.179 e. The van der Waals surface area contributed by atoms with Crippen LogP contribution >= 0.6 is 0 Å². The molecule has 2 aliphatic heterocycles. The molecule has 23 heavy (non-hydrogen) atoms. The van der Waals surface area contributed by atoms with Gasteiger partial charge in [-0.05, 0) is 49.7 Å². The molecule has 0 aromatic rings. The van der Waals surface area contributed by atoms with Gasteiger partial charge in [0.05, 0.1) is 0 Å². The van der Waals surface area contributed by atoms with Gasteiger partial charge < -0.3 is 15.6 Å². The van der Waals surface area contributed by atoms with Crippen LogP contribution in [0, 0.1) is 0 Å². The molecule has 3 aliphatic rings. The van der Waals surface area contributed by atoms with E-state index in [4.69, 9.17) is 0 Å². The van der Waals surface area contributed by atoms with Gasteiger partial charge in [-0.25, -0.2) is 9.89 Å². The van der Waals surface area contributed by atoms with Crippen LogP contribution in [-0.2, 0) is 0 Å². The Morgan fingerprint density at radius 1 is 1.17 bits per heavy atom. The summed E-state index contributed by atoms with van der Waals surface area (Å²) >= 11 is 0. The van der Waals surface area contributed by atoms with E-state index in [1.165, 1.54) is 18.4 Å². The maximum absolute atomic E-state index is 10.5. The minimum Gasteiger partial charge on any atom is -0.374 e. The summed E-state index contributed by atoms with van der Waals surface area (Å²) in [7, 11) is 0. The van der Waals surface area contributed by atoms with E-state index in [-0.39, 0.29) is 0 Å². The maximum atomic E-state index is 10.5. The molecule has 0 aromatic carbocycles. The first-order chi connectivity index (χ1) is 11.2. The summed E-state index contributed by atoms with van der Waals surface area (Å²) in [6.07, 6.45) is 7.44. The molecule has 0 spiro atoms. The molecule has 0 fully saturated rings. The van der Waals surface area contributed by atoms with Gasteiger partial charge >= 0.3 is 0 Å². The number of amidine groups is 1. The Morgan fingerprint density at radius 3 is 2.43 bits per heavy atom. The van der Waals surface area contributed by atoms with Crippen LogP contribution in [0.25, 0.3) is 0 Å². The fourth-order valence-electron chi connectivity index (χ4n) is 3.78. The van der Waals surface area contributed by atoms with Crippen molar-refractivity contribution in [3.05, 3.63) is 22.8 Å². The molecule has 3 atom stereocenters. The summed E-state index contributed by atoms with van der Waals surface area (Å²) < 4.78 is 0. The lowest BCUT2D eigenvalue weighted by Crippen LogP contribution is -2.52. The van der Waals surface area contributed by atoms with Crippen LogP contribution in [0.3, 0.4) is 0 Å². The quantitative estimate of drug-likeness (QED) is 0.580. The van der Waals surface area contributed by atoms with Gasteiger partial charge in [0.25, 0.3) is 0 Å². The largest absolute Gasteiger partial charge is 0.374 e. The first kappa shape index (κ1) is 16.6. The van der Waals surface area contributed by atoms with E-state index >= 15 is 0 Å². The number of rotatable bonds is 5. The van der Waals surface area contributed by atoms with E-state index in [2.05, 4.69) is 21.9 Å². The van der Waals surface area contributed by atoms with Gasteiger partial charge in [-0.3, -0.25) is 0 Å². The van der Waals surface area contributed by atoms with Crippen molar-refractivity contribution in [2.45, 2.75) is 77.5 Å². The van der Waals surface area contributed by atoms with Crippen LogP contribution in [0.2, 0.25) is 0 Å². The van der Waals surface area contributed by atoms with Crippen molar-refractivity contribution in [3.63, 3.8) is 0 Å². The third-order valence-corrected chi connectivity index (χ3v) is 5.05. The van der Waals surface area contributed by atoms with Crippen molar-refractivity contribution in [1.29, 1.82) is 0 Å². The van der Waals surface area contributed by atoms with Gasteiger partial charge in [0.15, 0.2) is 6.29 Å². The van der Waals surface area contributed by atoms with Gasteiger partial charge in [0, 0.05) is 6.42 Å². The second kappa shape index (κ2) is 7.13. The van der Waals surface area contributed by atoms with Crippen molar-refractivity contribution in [2.24, 2.45) is 4.99 Å². The molecular formula is C17H28N4O2. The molecule has 3 unspecified atom stereocenters. The van der Waals surface area contributed by atoms with Crippen molar-refractivity contribution >= 4 is 5.84 Å². The number of hydrazine groups is 1. The molecule has 6 nitrogen and oxygen atoms in total. The number of aliphatic hydroxyl groups is 2. The van der Waals surface area contributed by atoms with Gasteiger partial charge in [-0.1, -0.05) is 25.5 Å². The molecule has 1 aliphatic carbocycles. The van der Waals surface area contributed by atoms with Crippen molar-refractivity contribution in [1.82, 2.24) is 15.8 Å². The molecular weight excluding hydrogens is 292 g/mol. The first-order valence-corrected chi connectivity index (χ1v) is 8.77. The fourth-order valence-corrected chi connectivity index (χ4v) is 3.78. The Balaban J connectivity index is 1.70. The van der Waals surface area contributed by atoms with E-state index in [1.807, 2.05) is 13.8 Å². The third-order valence-electron chi connectivity index (χ3n) is 5.05. The average molecular weight is 320 g/mol. The third kappa shape index (κ3) is 3.21. The van der Waals surface area contributed by atoms with Gasteiger partial charge in [-0.15, -0.1) is 0 Å². The topological polar surface area (TPSA) is 80.1 Å². The van der Waals surface area contributed by atoms with Gasteiger partial charge in [0.1, 0.15) is 18.3 Å². The van der Waals surface area contributed by atoms with Crippen LogP contribution in [0.5, 0.6) is 0 Å². The number of aliphatic imine (C=N–C) groups is 1. The molecule has 6 heteroatoms. The minimum atomic E-state index is -0.777. The van der Waals surface area contributed by atoms with E-state index < -0.39 is 18.7 Å². The molecule has 0 saturated carbocycles. The number of allylic oxidation sites excluding steroid dienone is 1. The van der Waals surface area contributed by atoms with Crippen LogP contribution in [-0.4, -0.2) is 39.7 Å². The smallest absolute Gasteiger partial charge is 0.179 e. The summed E-state index contributed by atoms with van der Waals surface area (Å²) in [6, 6.07) is 0. The van der Waals surface area contributed by atoms with E-state index in [1.54, 1.807) is 4.90 Å². The molecule has 0 amide bonds. The average Bonchev–Trinajstić information content (AvgIpc) is 3.10. The number of nitrogens with zero attached hydrogens (tertiary/aromatic N) is 2. The second-order valence-corrected chi connectivity index (χ2v) is 6.46. The zero-order valence-corrected chi connectivity index (χ0v) is 14.0. The van der Waals surface area contributed by atoms with E-state index in [9.17, 15) is 10.2 Å². The Labute approximate surface area is 137 Å². The summed E-state index contributed by atoms with van der Waals surface area (Å²) in [6.45, 7) is 4.02. The highest BCUT2D eigenvalue weighted by Gasteiger charge is 2.42. The highest BCUT2D eigenvalue weighted by molar-refractivity contribution is 5.85. The zero-order chi connectivity index (χ0) is 16.4. The van der Waals surface area contributed by atoms with Crippen LogP contribution in [0.4, 0.5) is 0 Å². The van der Waals surface area contributed by atoms with Crippen LogP contribution in [0.15, 0.2) is 27.8 Å². The Morgan fingerprint density at radius 2 is 1.87 bits per heavy atom. The molecule has 0 aromatic heterocycles. The Bertz CT molecular complexity index is 521. The number of hydrogen-bond acceptors (Lipinski definition) is 6. The highest BCUT2D eigenvalue weighted by atomic mass is 16.3. The summed E-state index contributed by atoms with van der Waals surface area (Å²) in [5, 5.41) is 21.1. The zero-order valence-electron chi connectivity index (χ0n) is 14.0. The van der Waals surface area contributed by atoms with Crippen molar-refractivity contribution in [2.75, 3.05) is 0 Å². The van der Waals surface area contributed by atoms with Crippen LogP contribution in [0.1, 0.15) is 58.8 Å². The predicted molar refractivity (Wildman–Crippen MR) is 90.1 cm³/mol. The SMILES string of the molecule is CCC1=C(CC)C(O)N(C2N=C(CC3=CCCCC3)NN2)C1O. The first-order valence-electron chi connectivity index (χ1n) is 8.77. The predicted octanol–water partition coefficient (Wildman–Crippen LogP) is 1.74. The lowest BCUT2D eigenvalue weighted by Gasteiger charge is -2.29. The molecule has 128 valence electrons. The summed E-state index contributed by atoms with van der Waals surface area (Å²) in [5.74, 6) is 0.880. The minimum absolute atomic E-state index is 0.440. The molecule has 4 N–H and O–H groups in total.